The normalized spacial score (nSPS) is 20.7. The lowest BCUT2D eigenvalue weighted by molar-refractivity contribution is -0.139. The summed E-state index contributed by atoms with van der Waals surface area (Å²) >= 11 is 0. The quantitative estimate of drug-likeness (QED) is 0.854. The maximum atomic E-state index is 13.5. The zero-order valence-corrected chi connectivity index (χ0v) is 10.4. The zero-order chi connectivity index (χ0) is 14.0. The van der Waals surface area contributed by atoms with Gasteiger partial charge in [-0.1, -0.05) is 0 Å². The van der Waals surface area contributed by atoms with Crippen LogP contribution < -0.4 is 10.1 Å². The number of hydrogen-bond acceptors (Lipinski definition) is 3. The number of ether oxygens (including phenoxy) is 1. The molecule has 19 heavy (non-hydrogen) atoms. The summed E-state index contributed by atoms with van der Waals surface area (Å²) < 4.78 is 18.6. The Kier molecular flexibility index (Phi) is 3.69. The van der Waals surface area contributed by atoms with Gasteiger partial charge in [-0.25, -0.2) is 4.39 Å². The molecular formula is C13H14FNO4. The van der Waals surface area contributed by atoms with Crippen molar-refractivity contribution in [3.05, 3.63) is 24.0 Å². The third-order valence-electron chi connectivity index (χ3n) is 2.94. The monoisotopic (exact) mass is 267 g/mol. The van der Waals surface area contributed by atoms with Gasteiger partial charge in [0.15, 0.2) is 11.6 Å². The Bertz CT molecular complexity index is 517. The Hall–Kier alpha value is -2.11. The van der Waals surface area contributed by atoms with E-state index in [0.717, 1.165) is 6.07 Å². The van der Waals surface area contributed by atoms with Crippen LogP contribution in [0, 0.1) is 17.7 Å². The molecule has 2 rings (SSSR count). The summed E-state index contributed by atoms with van der Waals surface area (Å²) in [5.41, 5.74) is 0.294. The van der Waals surface area contributed by atoms with Gasteiger partial charge < -0.3 is 15.2 Å². The predicted molar refractivity (Wildman–Crippen MR) is 65.4 cm³/mol. The number of halogens is 1. The van der Waals surface area contributed by atoms with Crippen LogP contribution in [0.4, 0.5) is 10.1 Å². The van der Waals surface area contributed by atoms with Crippen LogP contribution in [0.2, 0.25) is 0 Å². The number of anilines is 1. The van der Waals surface area contributed by atoms with Crippen LogP contribution in [0.25, 0.3) is 0 Å². The van der Waals surface area contributed by atoms with Crippen molar-refractivity contribution in [3.8, 4) is 5.75 Å². The summed E-state index contributed by atoms with van der Waals surface area (Å²) in [5.74, 6) is -2.95. The van der Waals surface area contributed by atoms with E-state index >= 15 is 0 Å². The first-order valence-electron chi connectivity index (χ1n) is 5.99. The smallest absolute Gasteiger partial charge is 0.307 e. The summed E-state index contributed by atoms with van der Waals surface area (Å²) in [4.78, 5) is 22.3. The first kappa shape index (κ1) is 13.3. The number of nitrogens with one attached hydrogen (secondary N) is 1. The van der Waals surface area contributed by atoms with Crippen molar-refractivity contribution in [2.24, 2.45) is 11.8 Å². The number of carbonyl (C=O) groups excluding carboxylic acids is 1. The summed E-state index contributed by atoms with van der Waals surface area (Å²) in [6.45, 7) is 2.10. The van der Waals surface area contributed by atoms with Crippen molar-refractivity contribution in [2.75, 3.05) is 11.9 Å². The molecule has 1 saturated carbocycles. The Morgan fingerprint density at radius 1 is 1.47 bits per heavy atom. The number of carbonyl (C=O) groups is 2. The highest BCUT2D eigenvalue weighted by Crippen LogP contribution is 2.39. The molecule has 6 heteroatoms. The van der Waals surface area contributed by atoms with E-state index in [1.165, 1.54) is 12.1 Å². The minimum absolute atomic E-state index is 0.121. The summed E-state index contributed by atoms with van der Waals surface area (Å²) in [6, 6.07) is 4.10. The Balaban J connectivity index is 1.98. The second-order valence-corrected chi connectivity index (χ2v) is 4.35. The van der Waals surface area contributed by atoms with Gasteiger partial charge in [-0.05, 0) is 25.5 Å². The molecule has 2 unspecified atom stereocenters. The number of rotatable bonds is 5. The second kappa shape index (κ2) is 5.26. The highest BCUT2D eigenvalue weighted by atomic mass is 19.1. The lowest BCUT2D eigenvalue weighted by Crippen LogP contribution is -2.16. The molecule has 0 aliphatic heterocycles. The molecule has 5 nitrogen and oxygen atoms in total. The molecular weight excluding hydrogens is 253 g/mol. The van der Waals surface area contributed by atoms with Crippen LogP contribution >= 0.6 is 0 Å². The van der Waals surface area contributed by atoms with Crippen molar-refractivity contribution < 1.29 is 23.8 Å². The van der Waals surface area contributed by atoms with Crippen molar-refractivity contribution in [2.45, 2.75) is 13.3 Å². The maximum absolute atomic E-state index is 13.5. The van der Waals surface area contributed by atoms with Gasteiger partial charge in [-0.3, -0.25) is 9.59 Å². The van der Waals surface area contributed by atoms with Gasteiger partial charge in [-0.15, -0.1) is 0 Å². The molecule has 0 spiro atoms. The largest absolute Gasteiger partial charge is 0.491 e. The van der Waals surface area contributed by atoms with Crippen molar-refractivity contribution in [3.63, 3.8) is 0 Å². The highest BCUT2D eigenvalue weighted by Gasteiger charge is 2.48. The molecule has 102 valence electrons. The van der Waals surface area contributed by atoms with Crippen LogP contribution in [0.1, 0.15) is 13.3 Å². The van der Waals surface area contributed by atoms with Crippen molar-refractivity contribution in [1.29, 1.82) is 0 Å². The first-order valence-corrected chi connectivity index (χ1v) is 5.99. The van der Waals surface area contributed by atoms with Crippen molar-refractivity contribution in [1.82, 2.24) is 0 Å². The molecule has 1 amide bonds. The van der Waals surface area contributed by atoms with Gasteiger partial charge in [0.2, 0.25) is 5.91 Å². The van der Waals surface area contributed by atoms with E-state index in [0.29, 0.717) is 18.7 Å². The average molecular weight is 267 g/mol. The maximum Gasteiger partial charge on any atom is 0.307 e. The molecule has 2 N–H and O–H groups in total. The number of hydrogen-bond donors (Lipinski definition) is 2. The van der Waals surface area contributed by atoms with Crippen molar-refractivity contribution >= 4 is 17.6 Å². The van der Waals surface area contributed by atoms with Crippen LogP contribution in [0.15, 0.2) is 18.2 Å². The third-order valence-corrected chi connectivity index (χ3v) is 2.94. The minimum Gasteiger partial charge on any atom is -0.491 e. The third kappa shape index (κ3) is 3.01. The molecule has 2 atom stereocenters. The van der Waals surface area contributed by atoms with Gasteiger partial charge in [0.25, 0.3) is 0 Å². The van der Waals surface area contributed by atoms with E-state index in [9.17, 15) is 14.0 Å². The fraction of sp³-hybridized carbons (Fsp3) is 0.385. The van der Waals surface area contributed by atoms with E-state index in [-0.39, 0.29) is 5.75 Å². The number of amides is 1. The first-order chi connectivity index (χ1) is 9.02. The molecule has 0 aromatic heterocycles. The Morgan fingerprint density at radius 2 is 2.21 bits per heavy atom. The standard InChI is InChI=1S/C13H14FNO4/c1-2-19-11-4-3-7(5-10(11)14)15-12(16)8-6-9(8)13(17)18/h3-5,8-9H,2,6H2,1H3,(H,15,16)(H,17,18). The predicted octanol–water partition coefficient (Wildman–Crippen LogP) is 1.88. The summed E-state index contributed by atoms with van der Waals surface area (Å²) in [7, 11) is 0. The SMILES string of the molecule is CCOc1ccc(NC(=O)C2CC2C(=O)O)cc1F. The summed E-state index contributed by atoms with van der Waals surface area (Å²) in [5, 5.41) is 11.2. The zero-order valence-electron chi connectivity index (χ0n) is 10.4. The van der Waals surface area contributed by atoms with Gasteiger partial charge in [0.05, 0.1) is 18.4 Å². The van der Waals surface area contributed by atoms with E-state index in [4.69, 9.17) is 9.84 Å². The lowest BCUT2D eigenvalue weighted by atomic mass is 10.2. The molecule has 1 aromatic carbocycles. The van der Waals surface area contributed by atoms with Crippen LogP contribution in [-0.2, 0) is 9.59 Å². The van der Waals surface area contributed by atoms with E-state index in [1.807, 2.05) is 0 Å². The van der Waals surface area contributed by atoms with Crippen LogP contribution in [0.3, 0.4) is 0 Å². The fourth-order valence-electron chi connectivity index (χ4n) is 1.84. The molecule has 0 radical (unpaired) electrons. The van der Waals surface area contributed by atoms with E-state index in [2.05, 4.69) is 5.32 Å². The van der Waals surface area contributed by atoms with Gasteiger partial charge in [-0.2, -0.15) is 0 Å². The molecule has 1 aromatic rings. The molecule has 0 heterocycles. The lowest BCUT2D eigenvalue weighted by Gasteiger charge is -2.08. The average Bonchev–Trinajstić information content (AvgIpc) is 3.13. The fourth-order valence-corrected chi connectivity index (χ4v) is 1.84. The van der Waals surface area contributed by atoms with Crippen LogP contribution in [0.5, 0.6) is 5.75 Å². The highest BCUT2D eigenvalue weighted by molar-refractivity contribution is 5.98. The molecule has 1 aliphatic rings. The van der Waals surface area contributed by atoms with Gasteiger partial charge in [0.1, 0.15) is 0 Å². The molecule has 1 aliphatic carbocycles. The second-order valence-electron chi connectivity index (χ2n) is 4.35. The molecule has 0 bridgehead atoms. The Morgan fingerprint density at radius 3 is 2.74 bits per heavy atom. The topological polar surface area (TPSA) is 75.6 Å². The van der Waals surface area contributed by atoms with Gasteiger partial charge >= 0.3 is 5.97 Å². The number of carboxylic acids is 1. The summed E-state index contributed by atoms with van der Waals surface area (Å²) in [6.07, 6.45) is 0.334. The molecule has 0 saturated heterocycles. The molecule has 1 fully saturated rings. The van der Waals surface area contributed by atoms with Gasteiger partial charge in [0, 0.05) is 11.8 Å². The number of carboxylic acid groups (broad SMARTS) is 1. The number of aliphatic carboxylic acids is 1. The number of benzene rings is 1. The van der Waals surface area contributed by atoms with Crippen LogP contribution in [-0.4, -0.2) is 23.6 Å². The Labute approximate surface area is 109 Å². The van der Waals surface area contributed by atoms with E-state index in [1.54, 1.807) is 6.92 Å². The van der Waals surface area contributed by atoms with E-state index < -0.39 is 29.5 Å². The minimum atomic E-state index is -0.974.